The van der Waals surface area contributed by atoms with Crippen molar-refractivity contribution in [3.8, 4) is 0 Å². The summed E-state index contributed by atoms with van der Waals surface area (Å²) < 4.78 is 27.1. The molecule has 1 aromatic rings. The minimum Gasteiger partial charge on any atom is -0.356 e. The summed E-state index contributed by atoms with van der Waals surface area (Å²) in [7, 11) is -3.36. The Labute approximate surface area is 179 Å². The van der Waals surface area contributed by atoms with Crippen molar-refractivity contribution in [2.24, 2.45) is 5.92 Å². The van der Waals surface area contributed by atoms with Gasteiger partial charge in [-0.2, -0.15) is 4.31 Å². The SMILES string of the molecule is CC[C@H]1CCCCN1CCCNC(=O)CC1CCN(S(=O)(=O)c2cccs2)CC1. The van der Waals surface area contributed by atoms with E-state index in [9.17, 15) is 13.2 Å². The Morgan fingerprint density at radius 2 is 2.00 bits per heavy atom. The molecule has 2 aliphatic heterocycles. The predicted octanol–water partition coefficient (Wildman–Crippen LogP) is 3.31. The number of hydrogen-bond donors (Lipinski definition) is 1. The molecule has 0 unspecified atom stereocenters. The number of carbonyl (C=O) groups is 1. The number of likely N-dealkylation sites (tertiary alicyclic amines) is 1. The Morgan fingerprint density at radius 3 is 2.69 bits per heavy atom. The fourth-order valence-electron chi connectivity index (χ4n) is 4.55. The Morgan fingerprint density at radius 1 is 1.21 bits per heavy atom. The van der Waals surface area contributed by atoms with Gasteiger partial charge in [0.15, 0.2) is 0 Å². The molecule has 0 spiro atoms. The highest BCUT2D eigenvalue weighted by Crippen LogP contribution is 2.27. The lowest BCUT2D eigenvalue weighted by Crippen LogP contribution is -2.41. The fourth-order valence-corrected chi connectivity index (χ4v) is 7.17. The Kier molecular flexibility index (Phi) is 8.53. The molecule has 164 valence electrons. The number of carbonyl (C=O) groups excluding carboxylic acids is 1. The van der Waals surface area contributed by atoms with Crippen molar-refractivity contribution < 1.29 is 13.2 Å². The minimum atomic E-state index is -3.36. The zero-order chi connectivity index (χ0) is 20.7. The Hall–Kier alpha value is -0.960. The third-order valence-electron chi connectivity index (χ3n) is 6.30. The van der Waals surface area contributed by atoms with Gasteiger partial charge >= 0.3 is 0 Å². The number of hydrogen-bond acceptors (Lipinski definition) is 5. The molecule has 1 atom stereocenters. The average molecular weight is 442 g/mol. The Balaban J connectivity index is 1.33. The summed E-state index contributed by atoms with van der Waals surface area (Å²) in [4.78, 5) is 14.9. The van der Waals surface area contributed by atoms with Crippen molar-refractivity contribution in [2.45, 2.75) is 68.5 Å². The van der Waals surface area contributed by atoms with Gasteiger partial charge in [0.05, 0.1) is 0 Å². The van der Waals surface area contributed by atoms with Crippen molar-refractivity contribution in [1.82, 2.24) is 14.5 Å². The van der Waals surface area contributed by atoms with Gasteiger partial charge in [-0.15, -0.1) is 11.3 Å². The molecule has 1 N–H and O–H groups in total. The normalized spacial score (nSPS) is 22.6. The Bertz CT molecular complexity index is 728. The number of piperidine rings is 2. The van der Waals surface area contributed by atoms with Gasteiger partial charge in [0.2, 0.25) is 5.91 Å². The second-order valence-electron chi connectivity index (χ2n) is 8.28. The minimum absolute atomic E-state index is 0.107. The first-order valence-corrected chi connectivity index (χ1v) is 13.4. The number of thiophene rings is 1. The van der Waals surface area contributed by atoms with Crippen LogP contribution in [0.2, 0.25) is 0 Å². The molecule has 3 heterocycles. The van der Waals surface area contributed by atoms with Gasteiger partial charge in [0.1, 0.15) is 4.21 Å². The van der Waals surface area contributed by atoms with E-state index in [1.54, 1.807) is 21.8 Å². The van der Waals surface area contributed by atoms with Crippen LogP contribution in [0.4, 0.5) is 0 Å². The third kappa shape index (κ3) is 6.26. The van der Waals surface area contributed by atoms with Crippen molar-refractivity contribution in [3.63, 3.8) is 0 Å². The van der Waals surface area contributed by atoms with E-state index in [-0.39, 0.29) is 11.8 Å². The maximum atomic E-state index is 12.6. The average Bonchev–Trinajstić information content (AvgIpc) is 3.28. The van der Waals surface area contributed by atoms with Gasteiger partial charge in [-0.3, -0.25) is 4.79 Å². The second-order valence-corrected chi connectivity index (χ2v) is 11.4. The summed E-state index contributed by atoms with van der Waals surface area (Å²) in [6.45, 7) is 6.27. The molecule has 1 amide bonds. The molecule has 2 aliphatic rings. The largest absolute Gasteiger partial charge is 0.356 e. The first-order valence-electron chi connectivity index (χ1n) is 11.0. The lowest BCUT2D eigenvalue weighted by Gasteiger charge is -2.35. The van der Waals surface area contributed by atoms with E-state index in [4.69, 9.17) is 0 Å². The molecule has 0 saturated carbocycles. The molecule has 6 nitrogen and oxygen atoms in total. The van der Waals surface area contributed by atoms with Gasteiger partial charge in [0.25, 0.3) is 10.0 Å². The van der Waals surface area contributed by atoms with Gasteiger partial charge < -0.3 is 10.2 Å². The molecular formula is C21H35N3O3S2. The number of nitrogens with one attached hydrogen (secondary N) is 1. The zero-order valence-electron chi connectivity index (χ0n) is 17.5. The van der Waals surface area contributed by atoms with Crippen LogP contribution in [-0.2, 0) is 14.8 Å². The highest BCUT2D eigenvalue weighted by Gasteiger charge is 2.30. The van der Waals surface area contributed by atoms with E-state index >= 15 is 0 Å². The third-order valence-corrected chi connectivity index (χ3v) is 9.57. The van der Waals surface area contributed by atoms with E-state index in [1.165, 1.54) is 43.6 Å². The van der Waals surface area contributed by atoms with Crippen LogP contribution in [-0.4, -0.2) is 62.3 Å². The summed E-state index contributed by atoms with van der Waals surface area (Å²) in [5.74, 6) is 0.381. The molecule has 29 heavy (non-hydrogen) atoms. The van der Waals surface area contributed by atoms with Crippen LogP contribution in [0.3, 0.4) is 0 Å². The van der Waals surface area contributed by atoms with Crippen molar-refractivity contribution >= 4 is 27.3 Å². The van der Waals surface area contributed by atoms with Crippen LogP contribution in [0.25, 0.3) is 0 Å². The molecule has 3 rings (SSSR count). The van der Waals surface area contributed by atoms with Gasteiger partial charge in [-0.25, -0.2) is 8.42 Å². The predicted molar refractivity (Wildman–Crippen MR) is 118 cm³/mol. The standard InChI is InChI=1S/C21H35N3O3S2/c1-2-19-7-3-4-12-23(19)13-6-11-22-20(25)17-18-9-14-24(15-10-18)29(26,27)21-8-5-16-28-21/h5,8,16,18-19H,2-4,6-7,9-15,17H2,1H3,(H,22,25)/t19-/m0/s1. The van der Waals surface area contributed by atoms with E-state index in [0.29, 0.717) is 23.7 Å². The monoisotopic (exact) mass is 441 g/mol. The zero-order valence-corrected chi connectivity index (χ0v) is 19.1. The van der Waals surface area contributed by atoms with Crippen LogP contribution < -0.4 is 5.32 Å². The topological polar surface area (TPSA) is 69.7 Å². The quantitative estimate of drug-likeness (QED) is 0.597. The number of rotatable bonds is 9. The summed E-state index contributed by atoms with van der Waals surface area (Å²) in [5.41, 5.74) is 0. The van der Waals surface area contributed by atoms with Gasteiger partial charge in [-0.05, 0) is 62.4 Å². The van der Waals surface area contributed by atoms with Crippen LogP contribution in [0.5, 0.6) is 0 Å². The summed E-state index contributed by atoms with van der Waals surface area (Å²) in [6, 6.07) is 4.14. The molecule has 0 aromatic carbocycles. The summed E-state index contributed by atoms with van der Waals surface area (Å²) in [5, 5.41) is 4.86. The number of sulfonamides is 1. The molecule has 0 radical (unpaired) electrons. The van der Waals surface area contributed by atoms with E-state index in [2.05, 4.69) is 17.1 Å². The first kappa shape index (κ1) is 22.7. The summed E-state index contributed by atoms with van der Waals surface area (Å²) in [6.07, 6.45) is 8.18. The molecule has 0 bridgehead atoms. The molecular weight excluding hydrogens is 406 g/mol. The first-order chi connectivity index (χ1) is 14.0. The molecule has 2 fully saturated rings. The lowest BCUT2D eigenvalue weighted by molar-refractivity contribution is -0.122. The van der Waals surface area contributed by atoms with Crippen molar-refractivity contribution in [1.29, 1.82) is 0 Å². The van der Waals surface area contributed by atoms with Crippen LogP contribution in [0, 0.1) is 5.92 Å². The molecule has 8 heteroatoms. The maximum Gasteiger partial charge on any atom is 0.252 e. The van der Waals surface area contributed by atoms with E-state index < -0.39 is 10.0 Å². The maximum absolute atomic E-state index is 12.6. The van der Waals surface area contributed by atoms with E-state index in [0.717, 1.165) is 38.4 Å². The highest BCUT2D eigenvalue weighted by molar-refractivity contribution is 7.91. The van der Waals surface area contributed by atoms with Crippen LogP contribution >= 0.6 is 11.3 Å². The van der Waals surface area contributed by atoms with Crippen molar-refractivity contribution in [2.75, 3.05) is 32.7 Å². The summed E-state index contributed by atoms with van der Waals surface area (Å²) >= 11 is 1.26. The lowest BCUT2D eigenvalue weighted by atomic mass is 9.94. The van der Waals surface area contributed by atoms with Crippen LogP contribution in [0.15, 0.2) is 21.7 Å². The smallest absolute Gasteiger partial charge is 0.252 e. The second kappa shape index (κ2) is 10.9. The molecule has 0 aliphatic carbocycles. The van der Waals surface area contributed by atoms with Crippen LogP contribution in [0.1, 0.15) is 58.3 Å². The fraction of sp³-hybridized carbons (Fsp3) is 0.762. The van der Waals surface area contributed by atoms with E-state index in [1.807, 2.05) is 0 Å². The molecule has 2 saturated heterocycles. The van der Waals surface area contributed by atoms with Gasteiger partial charge in [-0.1, -0.05) is 19.4 Å². The van der Waals surface area contributed by atoms with Gasteiger partial charge in [0, 0.05) is 38.6 Å². The number of nitrogens with zero attached hydrogens (tertiary/aromatic N) is 2. The number of amides is 1. The van der Waals surface area contributed by atoms with Crippen molar-refractivity contribution in [3.05, 3.63) is 17.5 Å². The highest BCUT2D eigenvalue weighted by atomic mass is 32.2. The molecule has 1 aromatic heterocycles.